The molecule has 1 N–H and O–H groups in total. The van der Waals surface area contributed by atoms with Crippen molar-refractivity contribution >= 4 is 35.0 Å². The maximum atomic E-state index is 13.1. The normalized spacial score (nSPS) is 12.8. The van der Waals surface area contributed by atoms with E-state index in [-0.39, 0.29) is 16.7 Å². The summed E-state index contributed by atoms with van der Waals surface area (Å²) < 4.78 is 24.0. The van der Waals surface area contributed by atoms with Crippen LogP contribution in [0.5, 0.6) is 11.5 Å². The Morgan fingerprint density at radius 3 is 2.74 bits per heavy atom. The van der Waals surface area contributed by atoms with Crippen LogP contribution in [0, 0.1) is 5.82 Å². The molecular weight excluding hydrogens is 341 g/mol. The van der Waals surface area contributed by atoms with Gasteiger partial charge in [-0.1, -0.05) is 11.6 Å². The Hall–Kier alpha value is -1.92. The highest BCUT2D eigenvalue weighted by molar-refractivity contribution is 8.00. The molecule has 4 nitrogen and oxygen atoms in total. The summed E-state index contributed by atoms with van der Waals surface area (Å²) in [6.45, 7) is 1.06. The third-order valence-electron chi connectivity index (χ3n) is 3.09. The summed E-state index contributed by atoms with van der Waals surface area (Å²) in [5, 5.41) is 2.65. The van der Waals surface area contributed by atoms with E-state index in [1.54, 1.807) is 0 Å². The maximum Gasteiger partial charge on any atom is 0.234 e. The van der Waals surface area contributed by atoms with Crippen LogP contribution in [0.3, 0.4) is 0 Å². The number of rotatable bonds is 4. The van der Waals surface area contributed by atoms with Crippen molar-refractivity contribution in [1.82, 2.24) is 0 Å². The lowest BCUT2D eigenvalue weighted by Crippen LogP contribution is -2.15. The summed E-state index contributed by atoms with van der Waals surface area (Å²) in [5.74, 6) is 0.898. The molecule has 0 saturated heterocycles. The van der Waals surface area contributed by atoms with Crippen molar-refractivity contribution in [3.63, 3.8) is 0 Å². The van der Waals surface area contributed by atoms with Crippen LogP contribution in [0.2, 0.25) is 5.02 Å². The summed E-state index contributed by atoms with van der Waals surface area (Å²) in [6.07, 6.45) is 0. The Morgan fingerprint density at radius 2 is 1.96 bits per heavy atom. The van der Waals surface area contributed by atoms with Gasteiger partial charge in [0.1, 0.15) is 19.0 Å². The molecule has 0 fully saturated rings. The van der Waals surface area contributed by atoms with Crippen LogP contribution in [0.4, 0.5) is 10.1 Å². The molecule has 2 aromatic carbocycles. The summed E-state index contributed by atoms with van der Waals surface area (Å²) in [5.41, 5.74) is 0.462. The molecule has 1 amide bonds. The number of thioether (sulfide) groups is 1. The highest BCUT2D eigenvalue weighted by Crippen LogP contribution is 2.34. The fourth-order valence-corrected chi connectivity index (χ4v) is 2.94. The first-order valence-electron chi connectivity index (χ1n) is 6.89. The Bertz CT molecular complexity index is 741. The number of carbonyl (C=O) groups is 1. The number of carbonyl (C=O) groups excluding carboxylic acids is 1. The summed E-state index contributed by atoms with van der Waals surface area (Å²) in [4.78, 5) is 12.9. The molecule has 1 aliphatic heterocycles. The number of ether oxygens (including phenoxy) is 2. The van der Waals surface area contributed by atoms with Crippen LogP contribution < -0.4 is 14.8 Å². The number of benzene rings is 2. The molecule has 0 saturated carbocycles. The zero-order valence-electron chi connectivity index (χ0n) is 12.0. The lowest BCUT2D eigenvalue weighted by Gasteiger charge is -2.18. The first-order valence-corrected chi connectivity index (χ1v) is 8.25. The largest absolute Gasteiger partial charge is 0.486 e. The third kappa shape index (κ3) is 4.09. The Kier molecular flexibility index (Phi) is 4.93. The van der Waals surface area contributed by atoms with E-state index in [1.807, 2.05) is 18.2 Å². The van der Waals surface area contributed by atoms with Crippen molar-refractivity contribution in [2.75, 3.05) is 24.3 Å². The minimum absolute atomic E-state index is 0.0257. The predicted octanol–water partition coefficient (Wildman–Crippen LogP) is 3.98. The van der Waals surface area contributed by atoms with E-state index in [4.69, 9.17) is 21.1 Å². The SMILES string of the molecule is O=C(CSc1ccc2c(c1)OCCO2)Nc1ccc(F)c(Cl)c1. The highest BCUT2D eigenvalue weighted by atomic mass is 35.5. The maximum absolute atomic E-state index is 13.1. The van der Waals surface area contributed by atoms with E-state index in [1.165, 1.54) is 30.0 Å². The Morgan fingerprint density at radius 1 is 1.17 bits per heavy atom. The molecule has 120 valence electrons. The molecule has 2 aromatic rings. The number of amides is 1. The highest BCUT2D eigenvalue weighted by Gasteiger charge is 2.13. The lowest BCUT2D eigenvalue weighted by molar-refractivity contribution is -0.113. The van der Waals surface area contributed by atoms with Gasteiger partial charge >= 0.3 is 0 Å². The van der Waals surface area contributed by atoms with E-state index in [0.717, 1.165) is 4.90 Å². The fourth-order valence-electron chi connectivity index (χ4n) is 2.03. The molecule has 0 aliphatic carbocycles. The van der Waals surface area contributed by atoms with E-state index in [9.17, 15) is 9.18 Å². The van der Waals surface area contributed by atoms with Crippen LogP contribution in [0.25, 0.3) is 0 Å². The third-order valence-corrected chi connectivity index (χ3v) is 4.37. The molecule has 1 heterocycles. The molecule has 3 rings (SSSR count). The number of fused-ring (bicyclic) bond motifs is 1. The molecule has 0 bridgehead atoms. The molecule has 7 heteroatoms. The first kappa shape index (κ1) is 16.0. The van der Waals surface area contributed by atoms with Crippen molar-refractivity contribution in [3.8, 4) is 11.5 Å². The molecular formula is C16H13ClFNO3S. The minimum Gasteiger partial charge on any atom is -0.486 e. The second kappa shape index (κ2) is 7.10. The molecule has 1 aliphatic rings. The van der Waals surface area contributed by atoms with Gasteiger partial charge in [-0.2, -0.15) is 0 Å². The van der Waals surface area contributed by atoms with Crippen molar-refractivity contribution in [3.05, 3.63) is 47.2 Å². The molecule has 0 atom stereocenters. The van der Waals surface area contributed by atoms with Gasteiger partial charge in [-0.15, -0.1) is 11.8 Å². The number of anilines is 1. The monoisotopic (exact) mass is 353 g/mol. The predicted molar refractivity (Wildman–Crippen MR) is 88.2 cm³/mol. The lowest BCUT2D eigenvalue weighted by atomic mass is 10.3. The van der Waals surface area contributed by atoms with Gasteiger partial charge < -0.3 is 14.8 Å². The summed E-state index contributed by atoms with van der Waals surface area (Å²) in [7, 11) is 0. The molecule has 23 heavy (non-hydrogen) atoms. The number of hydrogen-bond donors (Lipinski definition) is 1. The molecule has 0 aromatic heterocycles. The van der Waals surface area contributed by atoms with Crippen LogP contribution >= 0.6 is 23.4 Å². The summed E-state index contributed by atoms with van der Waals surface area (Å²) in [6, 6.07) is 9.61. The average molecular weight is 354 g/mol. The van der Waals surface area contributed by atoms with Gasteiger partial charge in [0.15, 0.2) is 11.5 Å². The number of halogens is 2. The van der Waals surface area contributed by atoms with Crippen LogP contribution in [-0.4, -0.2) is 24.9 Å². The average Bonchev–Trinajstić information content (AvgIpc) is 2.56. The number of nitrogens with one attached hydrogen (secondary N) is 1. The topological polar surface area (TPSA) is 47.6 Å². The zero-order chi connectivity index (χ0) is 16.2. The molecule has 0 spiro atoms. The van der Waals surface area contributed by atoms with Crippen molar-refractivity contribution in [1.29, 1.82) is 0 Å². The van der Waals surface area contributed by atoms with E-state index >= 15 is 0 Å². The standard InChI is InChI=1S/C16H13ClFNO3S/c17-12-7-10(1-3-13(12)18)19-16(20)9-23-11-2-4-14-15(8-11)22-6-5-21-14/h1-4,7-8H,5-6,9H2,(H,19,20). The van der Waals surface area contributed by atoms with Crippen molar-refractivity contribution in [2.45, 2.75) is 4.90 Å². The van der Waals surface area contributed by atoms with E-state index < -0.39 is 5.82 Å². The van der Waals surface area contributed by atoms with Gasteiger partial charge in [0.25, 0.3) is 0 Å². The van der Waals surface area contributed by atoms with E-state index in [0.29, 0.717) is 30.4 Å². The van der Waals surface area contributed by atoms with Crippen LogP contribution in [-0.2, 0) is 4.79 Å². The second-order valence-electron chi connectivity index (χ2n) is 4.77. The van der Waals surface area contributed by atoms with Gasteiger partial charge in [0, 0.05) is 10.6 Å². The Labute approximate surface area is 141 Å². The van der Waals surface area contributed by atoms with Gasteiger partial charge in [0.2, 0.25) is 5.91 Å². The Balaban J connectivity index is 1.57. The van der Waals surface area contributed by atoms with Crippen LogP contribution in [0.1, 0.15) is 0 Å². The summed E-state index contributed by atoms with van der Waals surface area (Å²) >= 11 is 7.05. The fraction of sp³-hybridized carbons (Fsp3) is 0.188. The van der Waals surface area contributed by atoms with Gasteiger partial charge in [0.05, 0.1) is 10.8 Å². The van der Waals surface area contributed by atoms with Gasteiger partial charge in [-0.05, 0) is 36.4 Å². The number of hydrogen-bond acceptors (Lipinski definition) is 4. The van der Waals surface area contributed by atoms with Crippen LogP contribution in [0.15, 0.2) is 41.3 Å². The van der Waals surface area contributed by atoms with Gasteiger partial charge in [-0.3, -0.25) is 4.79 Å². The smallest absolute Gasteiger partial charge is 0.234 e. The van der Waals surface area contributed by atoms with Gasteiger partial charge in [-0.25, -0.2) is 4.39 Å². The zero-order valence-corrected chi connectivity index (χ0v) is 13.5. The van der Waals surface area contributed by atoms with Crippen molar-refractivity contribution in [2.24, 2.45) is 0 Å². The minimum atomic E-state index is -0.518. The first-order chi connectivity index (χ1) is 11.1. The van der Waals surface area contributed by atoms with E-state index in [2.05, 4.69) is 5.32 Å². The van der Waals surface area contributed by atoms with Crippen molar-refractivity contribution < 1.29 is 18.7 Å². The quantitative estimate of drug-likeness (QED) is 0.844. The molecule has 0 unspecified atom stereocenters. The second-order valence-corrected chi connectivity index (χ2v) is 6.23. The molecule has 0 radical (unpaired) electrons.